The average Bonchev–Trinajstić information content (AvgIpc) is 2.76. The van der Waals surface area contributed by atoms with Gasteiger partial charge >= 0.3 is 0 Å². The fourth-order valence-electron chi connectivity index (χ4n) is 2.30. The summed E-state index contributed by atoms with van der Waals surface area (Å²) in [5.41, 5.74) is 2.60. The van der Waals surface area contributed by atoms with E-state index < -0.39 is 0 Å². The maximum Gasteiger partial charge on any atom is 0.123 e. The van der Waals surface area contributed by atoms with Crippen molar-refractivity contribution in [1.82, 2.24) is 5.32 Å². The van der Waals surface area contributed by atoms with Crippen molar-refractivity contribution in [2.24, 2.45) is 0 Å². The Kier molecular flexibility index (Phi) is 4.61. The van der Waals surface area contributed by atoms with Crippen LogP contribution in [0, 0.1) is 6.92 Å². The van der Waals surface area contributed by atoms with Crippen molar-refractivity contribution in [3.05, 3.63) is 29.3 Å². The monoisotopic (exact) mass is 249 g/mol. The van der Waals surface area contributed by atoms with E-state index in [-0.39, 0.29) is 12.2 Å². The summed E-state index contributed by atoms with van der Waals surface area (Å²) in [6.07, 6.45) is 2.68. The molecule has 0 aliphatic carbocycles. The number of aryl methyl sites for hydroxylation is 1. The molecule has 0 amide bonds. The van der Waals surface area contributed by atoms with Crippen LogP contribution in [-0.2, 0) is 6.42 Å². The number of rotatable bonds is 6. The van der Waals surface area contributed by atoms with Gasteiger partial charge in [-0.15, -0.1) is 0 Å². The Morgan fingerprint density at radius 2 is 2.33 bits per heavy atom. The fraction of sp³-hybridized carbons (Fsp3) is 0.600. The van der Waals surface area contributed by atoms with Crippen LogP contribution in [0.2, 0.25) is 0 Å². The first kappa shape index (κ1) is 13.4. The molecular formula is C15H23NO2. The second kappa shape index (κ2) is 6.21. The highest BCUT2D eigenvalue weighted by Gasteiger charge is 2.22. The summed E-state index contributed by atoms with van der Waals surface area (Å²) in [6, 6.07) is 6.36. The molecule has 0 radical (unpaired) electrons. The van der Waals surface area contributed by atoms with Crippen LogP contribution >= 0.6 is 0 Å². The minimum absolute atomic E-state index is 0.179. The molecule has 0 saturated carbocycles. The van der Waals surface area contributed by atoms with E-state index in [0.29, 0.717) is 0 Å². The maximum atomic E-state index is 9.45. The van der Waals surface area contributed by atoms with E-state index in [1.54, 1.807) is 0 Å². The first-order valence-electron chi connectivity index (χ1n) is 6.84. The van der Waals surface area contributed by atoms with Crippen LogP contribution in [0.5, 0.6) is 5.75 Å². The van der Waals surface area contributed by atoms with Crippen LogP contribution in [0.15, 0.2) is 18.2 Å². The second-order valence-corrected chi connectivity index (χ2v) is 5.11. The zero-order chi connectivity index (χ0) is 13.0. The molecular weight excluding hydrogens is 226 g/mol. The summed E-state index contributed by atoms with van der Waals surface area (Å²) in [5, 5.41) is 12.8. The van der Waals surface area contributed by atoms with Gasteiger partial charge in [-0.1, -0.05) is 24.6 Å². The Hall–Kier alpha value is -1.06. The third-order valence-electron chi connectivity index (χ3n) is 3.45. The molecule has 100 valence electrons. The van der Waals surface area contributed by atoms with Crippen molar-refractivity contribution in [1.29, 1.82) is 0 Å². The molecule has 0 spiro atoms. The van der Waals surface area contributed by atoms with E-state index in [0.717, 1.165) is 38.1 Å². The van der Waals surface area contributed by atoms with Crippen LogP contribution < -0.4 is 10.1 Å². The maximum absolute atomic E-state index is 9.45. The van der Waals surface area contributed by atoms with Crippen molar-refractivity contribution in [3.8, 4) is 5.75 Å². The lowest BCUT2D eigenvalue weighted by Crippen LogP contribution is -2.31. The van der Waals surface area contributed by atoms with E-state index in [4.69, 9.17) is 4.74 Å². The zero-order valence-electron chi connectivity index (χ0n) is 11.3. The summed E-state index contributed by atoms with van der Waals surface area (Å²) in [6.45, 7) is 5.82. The number of hydrogen-bond donors (Lipinski definition) is 2. The molecule has 1 aliphatic heterocycles. The normalized spacial score (nSPS) is 19.4. The summed E-state index contributed by atoms with van der Waals surface area (Å²) in [7, 11) is 0. The lowest BCUT2D eigenvalue weighted by Gasteiger charge is -2.13. The van der Waals surface area contributed by atoms with Gasteiger partial charge in [-0.3, -0.25) is 0 Å². The molecule has 3 nitrogen and oxygen atoms in total. The van der Waals surface area contributed by atoms with Crippen molar-refractivity contribution < 1.29 is 9.84 Å². The molecule has 0 saturated heterocycles. The van der Waals surface area contributed by atoms with Crippen molar-refractivity contribution in [2.45, 2.75) is 45.3 Å². The van der Waals surface area contributed by atoms with E-state index in [1.807, 2.05) is 6.92 Å². The molecule has 3 heteroatoms. The molecule has 18 heavy (non-hydrogen) atoms. The predicted octanol–water partition coefficient (Wildman–Crippen LogP) is 2.05. The summed E-state index contributed by atoms with van der Waals surface area (Å²) >= 11 is 0. The Morgan fingerprint density at radius 1 is 1.50 bits per heavy atom. The smallest absolute Gasteiger partial charge is 0.123 e. The molecule has 1 aromatic carbocycles. The summed E-state index contributed by atoms with van der Waals surface area (Å²) < 4.78 is 5.87. The molecule has 0 fully saturated rings. The molecule has 1 aliphatic rings. The van der Waals surface area contributed by atoms with Gasteiger partial charge < -0.3 is 15.2 Å². The third kappa shape index (κ3) is 3.47. The fourth-order valence-corrected chi connectivity index (χ4v) is 2.30. The van der Waals surface area contributed by atoms with Gasteiger partial charge in [0, 0.05) is 13.0 Å². The first-order valence-corrected chi connectivity index (χ1v) is 6.84. The number of aliphatic hydroxyl groups is 1. The van der Waals surface area contributed by atoms with Gasteiger partial charge in [0.1, 0.15) is 11.9 Å². The average molecular weight is 249 g/mol. The standard InChI is InChI=1S/C15H23NO2/c1-3-13(17)6-7-16-10-14-9-12-8-11(2)4-5-15(12)18-14/h4-5,8,13-14,16-17H,3,6-7,9-10H2,1-2H3. The molecule has 1 heterocycles. The molecule has 2 N–H and O–H groups in total. The highest BCUT2D eigenvalue weighted by Crippen LogP contribution is 2.29. The van der Waals surface area contributed by atoms with E-state index >= 15 is 0 Å². The molecule has 0 aromatic heterocycles. The highest BCUT2D eigenvalue weighted by molar-refractivity contribution is 5.40. The lowest BCUT2D eigenvalue weighted by molar-refractivity contribution is 0.157. The minimum Gasteiger partial charge on any atom is -0.488 e. The van der Waals surface area contributed by atoms with Gasteiger partial charge in [0.05, 0.1) is 6.10 Å². The van der Waals surface area contributed by atoms with Gasteiger partial charge in [-0.05, 0) is 37.9 Å². The van der Waals surface area contributed by atoms with Crippen LogP contribution in [-0.4, -0.2) is 30.4 Å². The van der Waals surface area contributed by atoms with Crippen LogP contribution in [0.4, 0.5) is 0 Å². The predicted molar refractivity (Wildman–Crippen MR) is 73.1 cm³/mol. The van der Waals surface area contributed by atoms with Gasteiger partial charge in [-0.25, -0.2) is 0 Å². The van der Waals surface area contributed by atoms with E-state index in [2.05, 4.69) is 30.4 Å². The number of fused-ring (bicyclic) bond motifs is 1. The number of ether oxygens (including phenoxy) is 1. The van der Waals surface area contributed by atoms with Gasteiger partial charge in [0.25, 0.3) is 0 Å². The largest absolute Gasteiger partial charge is 0.488 e. The Labute approximate surface area is 109 Å². The summed E-state index contributed by atoms with van der Waals surface area (Å²) in [4.78, 5) is 0. The van der Waals surface area contributed by atoms with Crippen LogP contribution in [0.1, 0.15) is 30.9 Å². The number of benzene rings is 1. The first-order chi connectivity index (χ1) is 8.69. The molecule has 1 aromatic rings. The molecule has 2 rings (SSSR count). The van der Waals surface area contributed by atoms with Crippen LogP contribution in [0.25, 0.3) is 0 Å². The highest BCUT2D eigenvalue weighted by atomic mass is 16.5. The van der Waals surface area contributed by atoms with E-state index in [1.165, 1.54) is 11.1 Å². The topological polar surface area (TPSA) is 41.5 Å². The van der Waals surface area contributed by atoms with Crippen molar-refractivity contribution in [3.63, 3.8) is 0 Å². The Bertz CT molecular complexity index is 392. The quantitative estimate of drug-likeness (QED) is 0.758. The molecule has 2 unspecified atom stereocenters. The van der Waals surface area contributed by atoms with Crippen molar-refractivity contribution >= 4 is 0 Å². The Morgan fingerprint density at radius 3 is 3.11 bits per heavy atom. The van der Waals surface area contributed by atoms with Gasteiger partial charge in [0.15, 0.2) is 0 Å². The lowest BCUT2D eigenvalue weighted by atomic mass is 10.1. The van der Waals surface area contributed by atoms with Crippen LogP contribution in [0.3, 0.4) is 0 Å². The summed E-state index contributed by atoms with van der Waals surface area (Å²) in [5.74, 6) is 1.03. The SMILES string of the molecule is CCC(O)CCNCC1Cc2cc(C)ccc2O1. The number of aliphatic hydroxyl groups excluding tert-OH is 1. The molecule has 0 bridgehead atoms. The van der Waals surface area contributed by atoms with Gasteiger partial charge in [0.2, 0.25) is 0 Å². The Balaban J connectivity index is 1.71. The zero-order valence-corrected chi connectivity index (χ0v) is 11.3. The minimum atomic E-state index is -0.179. The third-order valence-corrected chi connectivity index (χ3v) is 3.45. The second-order valence-electron chi connectivity index (χ2n) is 5.11. The van der Waals surface area contributed by atoms with Crippen molar-refractivity contribution in [2.75, 3.05) is 13.1 Å². The molecule has 2 atom stereocenters. The van der Waals surface area contributed by atoms with E-state index in [9.17, 15) is 5.11 Å². The number of nitrogens with one attached hydrogen (secondary N) is 1. The van der Waals surface area contributed by atoms with Gasteiger partial charge in [-0.2, -0.15) is 0 Å². The number of hydrogen-bond acceptors (Lipinski definition) is 3.